The standard InChI is InChI=1S/C23H23NOS/c1-17(2)20-15-9-10-16-21(20)24-23(25)22(18-11-5-3-6-12-18)26-19-13-7-4-8-14-19/h3-17,22H,1-2H3,(H,24,25). The van der Waals surface area contributed by atoms with Crippen molar-refractivity contribution in [3.05, 3.63) is 96.1 Å². The molecule has 1 atom stereocenters. The van der Waals surface area contributed by atoms with Gasteiger partial charge in [-0.3, -0.25) is 4.79 Å². The van der Waals surface area contributed by atoms with Gasteiger partial charge < -0.3 is 5.32 Å². The van der Waals surface area contributed by atoms with E-state index < -0.39 is 0 Å². The number of hydrogen-bond donors (Lipinski definition) is 1. The molecule has 26 heavy (non-hydrogen) atoms. The second kappa shape index (κ2) is 8.72. The fraction of sp³-hybridized carbons (Fsp3) is 0.174. The molecule has 0 heterocycles. The highest BCUT2D eigenvalue weighted by atomic mass is 32.2. The molecule has 0 aliphatic heterocycles. The minimum absolute atomic E-state index is 0.00171. The van der Waals surface area contributed by atoms with Crippen molar-refractivity contribution >= 4 is 23.4 Å². The minimum Gasteiger partial charge on any atom is -0.325 e. The Morgan fingerprint density at radius 3 is 2.04 bits per heavy atom. The fourth-order valence-electron chi connectivity index (χ4n) is 2.85. The van der Waals surface area contributed by atoms with Gasteiger partial charge in [-0.15, -0.1) is 11.8 Å². The van der Waals surface area contributed by atoms with Crippen LogP contribution in [0.1, 0.15) is 36.1 Å². The van der Waals surface area contributed by atoms with Gasteiger partial charge in [-0.2, -0.15) is 0 Å². The van der Waals surface area contributed by atoms with E-state index in [-0.39, 0.29) is 11.2 Å². The summed E-state index contributed by atoms with van der Waals surface area (Å²) in [5.74, 6) is 0.349. The number of hydrogen-bond acceptors (Lipinski definition) is 2. The van der Waals surface area contributed by atoms with Crippen LogP contribution in [0, 0.1) is 0 Å². The summed E-state index contributed by atoms with van der Waals surface area (Å²) in [4.78, 5) is 14.2. The van der Waals surface area contributed by atoms with E-state index in [1.54, 1.807) is 11.8 Å². The summed E-state index contributed by atoms with van der Waals surface area (Å²) in [6.45, 7) is 4.27. The zero-order valence-electron chi connectivity index (χ0n) is 15.1. The Morgan fingerprint density at radius 1 is 0.808 bits per heavy atom. The smallest absolute Gasteiger partial charge is 0.242 e. The Morgan fingerprint density at radius 2 is 1.38 bits per heavy atom. The molecule has 3 heteroatoms. The summed E-state index contributed by atoms with van der Waals surface area (Å²) >= 11 is 1.57. The summed E-state index contributed by atoms with van der Waals surface area (Å²) in [5, 5.41) is 2.84. The van der Waals surface area contributed by atoms with E-state index in [0.29, 0.717) is 5.92 Å². The third kappa shape index (κ3) is 4.55. The summed E-state index contributed by atoms with van der Waals surface area (Å²) < 4.78 is 0. The number of para-hydroxylation sites is 1. The molecule has 3 aromatic carbocycles. The fourth-order valence-corrected chi connectivity index (χ4v) is 3.89. The van der Waals surface area contributed by atoms with Gasteiger partial charge in [0.05, 0.1) is 0 Å². The molecule has 2 nitrogen and oxygen atoms in total. The second-order valence-corrected chi connectivity index (χ2v) is 7.63. The Bertz CT molecular complexity index is 846. The molecular weight excluding hydrogens is 338 g/mol. The number of amides is 1. The van der Waals surface area contributed by atoms with Crippen LogP contribution in [0.4, 0.5) is 5.69 Å². The molecule has 0 aromatic heterocycles. The molecule has 3 aromatic rings. The maximum absolute atomic E-state index is 13.2. The van der Waals surface area contributed by atoms with Crippen molar-refractivity contribution in [2.24, 2.45) is 0 Å². The van der Waals surface area contributed by atoms with Crippen molar-refractivity contribution in [2.75, 3.05) is 5.32 Å². The molecule has 0 aliphatic rings. The largest absolute Gasteiger partial charge is 0.325 e. The maximum atomic E-state index is 13.2. The Hall–Kier alpha value is -2.52. The molecule has 3 rings (SSSR count). The first-order chi connectivity index (χ1) is 12.6. The van der Waals surface area contributed by atoms with E-state index in [4.69, 9.17) is 0 Å². The molecule has 0 aliphatic carbocycles. The first kappa shape index (κ1) is 18.3. The van der Waals surface area contributed by atoms with Crippen molar-refractivity contribution in [3.8, 4) is 0 Å². The number of thioether (sulfide) groups is 1. The Labute approximate surface area is 159 Å². The quantitative estimate of drug-likeness (QED) is 0.523. The van der Waals surface area contributed by atoms with Gasteiger partial charge in [0, 0.05) is 10.6 Å². The highest BCUT2D eigenvalue weighted by molar-refractivity contribution is 8.00. The molecule has 132 valence electrons. The zero-order valence-corrected chi connectivity index (χ0v) is 15.9. The van der Waals surface area contributed by atoms with Crippen molar-refractivity contribution in [3.63, 3.8) is 0 Å². The monoisotopic (exact) mass is 361 g/mol. The number of anilines is 1. The average Bonchev–Trinajstić information content (AvgIpc) is 2.68. The van der Waals surface area contributed by atoms with E-state index in [1.165, 1.54) is 0 Å². The molecule has 0 fully saturated rings. The van der Waals surface area contributed by atoms with E-state index in [1.807, 2.05) is 78.9 Å². The van der Waals surface area contributed by atoms with Crippen LogP contribution in [0.25, 0.3) is 0 Å². The van der Waals surface area contributed by atoms with E-state index >= 15 is 0 Å². The van der Waals surface area contributed by atoms with Crippen molar-refractivity contribution in [2.45, 2.75) is 29.9 Å². The van der Waals surface area contributed by atoms with Gasteiger partial charge in [0.2, 0.25) is 5.91 Å². The number of carbonyl (C=O) groups excluding carboxylic acids is 1. The first-order valence-electron chi connectivity index (χ1n) is 8.81. The average molecular weight is 362 g/mol. The third-order valence-electron chi connectivity index (χ3n) is 4.18. The van der Waals surface area contributed by atoms with Gasteiger partial charge >= 0.3 is 0 Å². The molecule has 1 amide bonds. The van der Waals surface area contributed by atoms with Crippen LogP contribution in [-0.2, 0) is 4.79 Å². The van der Waals surface area contributed by atoms with E-state index in [0.717, 1.165) is 21.7 Å². The lowest BCUT2D eigenvalue weighted by Gasteiger charge is -2.19. The molecule has 0 saturated carbocycles. The highest BCUT2D eigenvalue weighted by Gasteiger charge is 2.23. The summed E-state index contributed by atoms with van der Waals surface area (Å²) in [6, 6.07) is 28.0. The van der Waals surface area contributed by atoms with Crippen molar-refractivity contribution in [1.82, 2.24) is 0 Å². The Kier molecular flexibility index (Phi) is 6.13. The highest BCUT2D eigenvalue weighted by Crippen LogP contribution is 2.36. The molecule has 0 bridgehead atoms. The Balaban J connectivity index is 1.88. The van der Waals surface area contributed by atoms with Gasteiger partial charge in [-0.1, -0.05) is 80.6 Å². The van der Waals surface area contributed by atoms with Crippen molar-refractivity contribution in [1.29, 1.82) is 0 Å². The van der Waals surface area contributed by atoms with Crippen LogP contribution in [0.5, 0.6) is 0 Å². The second-order valence-electron chi connectivity index (χ2n) is 6.45. The number of nitrogens with one attached hydrogen (secondary N) is 1. The normalized spacial score (nSPS) is 12.0. The first-order valence-corrected chi connectivity index (χ1v) is 9.69. The number of carbonyl (C=O) groups is 1. The molecule has 0 saturated heterocycles. The SMILES string of the molecule is CC(C)c1ccccc1NC(=O)C(Sc1ccccc1)c1ccccc1. The molecule has 1 unspecified atom stereocenters. The number of rotatable bonds is 6. The van der Waals surface area contributed by atoms with Crippen LogP contribution in [0.15, 0.2) is 89.8 Å². The van der Waals surface area contributed by atoms with Crippen LogP contribution in [-0.4, -0.2) is 5.91 Å². The predicted molar refractivity (Wildman–Crippen MR) is 111 cm³/mol. The predicted octanol–water partition coefficient (Wildman–Crippen LogP) is 6.28. The van der Waals surface area contributed by atoms with E-state index in [2.05, 4.69) is 25.2 Å². The topological polar surface area (TPSA) is 29.1 Å². The summed E-state index contributed by atoms with van der Waals surface area (Å²) in [7, 11) is 0. The van der Waals surface area contributed by atoms with Crippen LogP contribution in [0.2, 0.25) is 0 Å². The van der Waals surface area contributed by atoms with E-state index in [9.17, 15) is 4.79 Å². The molecule has 0 radical (unpaired) electrons. The lowest BCUT2D eigenvalue weighted by Crippen LogP contribution is -2.20. The lowest BCUT2D eigenvalue weighted by atomic mass is 10.0. The van der Waals surface area contributed by atoms with Gasteiger partial charge in [0.15, 0.2) is 0 Å². The third-order valence-corrected chi connectivity index (χ3v) is 5.44. The zero-order chi connectivity index (χ0) is 18.4. The van der Waals surface area contributed by atoms with Crippen LogP contribution in [0.3, 0.4) is 0 Å². The van der Waals surface area contributed by atoms with Gasteiger partial charge in [0.1, 0.15) is 5.25 Å². The van der Waals surface area contributed by atoms with Crippen molar-refractivity contribution < 1.29 is 4.79 Å². The van der Waals surface area contributed by atoms with Crippen LogP contribution >= 0.6 is 11.8 Å². The summed E-state index contributed by atoms with van der Waals surface area (Å²) in [6.07, 6.45) is 0. The van der Waals surface area contributed by atoms with Crippen LogP contribution < -0.4 is 5.32 Å². The summed E-state index contributed by atoms with van der Waals surface area (Å²) in [5.41, 5.74) is 3.04. The number of benzene rings is 3. The maximum Gasteiger partial charge on any atom is 0.242 e. The van der Waals surface area contributed by atoms with Gasteiger partial charge in [-0.25, -0.2) is 0 Å². The van der Waals surface area contributed by atoms with Gasteiger partial charge in [-0.05, 0) is 35.2 Å². The molecule has 1 N–H and O–H groups in total. The minimum atomic E-state index is -0.307. The molecule has 0 spiro atoms. The lowest BCUT2D eigenvalue weighted by molar-refractivity contribution is -0.115. The van der Waals surface area contributed by atoms with Gasteiger partial charge in [0.25, 0.3) is 0 Å². The molecular formula is C23H23NOS.